The molecule has 2 aromatic rings. The van der Waals surface area contributed by atoms with Gasteiger partial charge in [-0.25, -0.2) is 4.79 Å². The Morgan fingerprint density at radius 1 is 1.18 bits per heavy atom. The van der Waals surface area contributed by atoms with Crippen LogP contribution < -0.4 is 15.4 Å². The zero-order valence-electron chi connectivity index (χ0n) is 21.8. The zero-order chi connectivity index (χ0) is 27.0. The van der Waals surface area contributed by atoms with E-state index >= 15 is 0 Å². The molecule has 0 spiro atoms. The van der Waals surface area contributed by atoms with Crippen molar-refractivity contribution in [1.82, 2.24) is 10.2 Å². The summed E-state index contributed by atoms with van der Waals surface area (Å²) in [7, 11) is 0. The monoisotopic (exact) mass is 516 g/mol. The molecule has 5 rings (SSSR count). The molecule has 0 radical (unpaired) electrons. The molecule has 9 heteroatoms. The van der Waals surface area contributed by atoms with Gasteiger partial charge in [0.2, 0.25) is 5.91 Å². The molecule has 2 heterocycles. The van der Waals surface area contributed by atoms with E-state index in [0.29, 0.717) is 17.9 Å². The molecule has 9 nitrogen and oxygen atoms in total. The summed E-state index contributed by atoms with van der Waals surface area (Å²) >= 11 is 0. The molecule has 2 N–H and O–H groups in total. The van der Waals surface area contributed by atoms with Crippen LogP contribution in [-0.4, -0.2) is 53.1 Å². The van der Waals surface area contributed by atoms with Crippen LogP contribution in [0.2, 0.25) is 0 Å². The van der Waals surface area contributed by atoms with Crippen LogP contribution in [0.5, 0.6) is 5.75 Å². The topological polar surface area (TPSA) is 121 Å². The third-order valence-electron chi connectivity index (χ3n) is 7.27. The Hall–Kier alpha value is -4.06. The first-order valence-electron chi connectivity index (χ1n) is 13.0. The van der Waals surface area contributed by atoms with Crippen LogP contribution in [0.1, 0.15) is 45.6 Å². The molecule has 0 unspecified atom stereocenters. The molecular weight excluding hydrogens is 484 g/mol. The van der Waals surface area contributed by atoms with Crippen molar-refractivity contribution in [1.29, 1.82) is 5.26 Å². The van der Waals surface area contributed by atoms with Crippen LogP contribution in [-0.2, 0) is 20.7 Å². The maximum Gasteiger partial charge on any atom is 0.411 e. The third-order valence-corrected chi connectivity index (χ3v) is 7.27. The van der Waals surface area contributed by atoms with E-state index in [9.17, 15) is 19.6 Å². The van der Waals surface area contributed by atoms with E-state index < -0.39 is 23.8 Å². The summed E-state index contributed by atoms with van der Waals surface area (Å²) in [6.07, 6.45) is 2.42. The summed E-state index contributed by atoms with van der Waals surface area (Å²) in [5.41, 5.74) is 2.80. The second kappa shape index (κ2) is 10.0. The number of rotatable bonds is 5. The second-order valence-electron chi connectivity index (χ2n) is 11.2. The highest BCUT2D eigenvalue weighted by atomic mass is 16.6. The van der Waals surface area contributed by atoms with Crippen molar-refractivity contribution in [3.05, 3.63) is 48.0 Å². The van der Waals surface area contributed by atoms with Crippen LogP contribution >= 0.6 is 0 Å². The van der Waals surface area contributed by atoms with Gasteiger partial charge < -0.3 is 20.1 Å². The van der Waals surface area contributed by atoms with Gasteiger partial charge in [0.25, 0.3) is 5.91 Å². The van der Waals surface area contributed by atoms with Crippen molar-refractivity contribution >= 4 is 23.6 Å². The Kier molecular flexibility index (Phi) is 6.74. The Morgan fingerprint density at radius 3 is 2.63 bits per heavy atom. The van der Waals surface area contributed by atoms with Crippen molar-refractivity contribution in [2.24, 2.45) is 5.92 Å². The Labute approximate surface area is 222 Å². The summed E-state index contributed by atoms with van der Waals surface area (Å²) in [6.45, 7) is 5.42. The normalized spacial score (nSPS) is 22.5. The number of likely N-dealkylation sites (tertiary alicyclic amines) is 1. The fourth-order valence-electron chi connectivity index (χ4n) is 5.61. The lowest BCUT2D eigenvalue weighted by Crippen LogP contribution is -2.55. The molecule has 4 atom stereocenters. The van der Waals surface area contributed by atoms with E-state index in [2.05, 4.69) is 16.7 Å². The molecular formula is C29H32N4O5. The van der Waals surface area contributed by atoms with E-state index in [4.69, 9.17) is 9.47 Å². The number of carbonyl (C=O) groups is 3. The maximum atomic E-state index is 13.3. The molecule has 0 aromatic heterocycles. The largest absolute Gasteiger partial charge is 0.482 e. The fraction of sp³-hybridized carbons (Fsp3) is 0.448. The number of piperidine rings is 1. The molecule has 2 fully saturated rings. The zero-order valence-corrected chi connectivity index (χ0v) is 21.8. The van der Waals surface area contributed by atoms with Gasteiger partial charge in [0.05, 0.1) is 11.8 Å². The van der Waals surface area contributed by atoms with Gasteiger partial charge in [0.1, 0.15) is 23.4 Å². The highest BCUT2D eigenvalue weighted by Crippen LogP contribution is 2.43. The number of nitrogens with zero attached hydrogens (tertiary/aromatic N) is 2. The van der Waals surface area contributed by atoms with Crippen LogP contribution in [0.25, 0.3) is 11.1 Å². The number of nitrogens with one attached hydrogen (secondary N) is 2. The molecule has 198 valence electrons. The predicted molar refractivity (Wildman–Crippen MR) is 140 cm³/mol. The smallest absolute Gasteiger partial charge is 0.411 e. The summed E-state index contributed by atoms with van der Waals surface area (Å²) in [5.74, 6) is 0.235. The van der Waals surface area contributed by atoms with Gasteiger partial charge in [-0.05, 0) is 74.8 Å². The summed E-state index contributed by atoms with van der Waals surface area (Å²) in [6, 6.07) is 14.2. The Balaban J connectivity index is 1.24. The van der Waals surface area contributed by atoms with Crippen molar-refractivity contribution < 1.29 is 23.9 Å². The van der Waals surface area contributed by atoms with E-state index in [1.807, 2.05) is 63.2 Å². The lowest BCUT2D eigenvalue weighted by molar-refractivity contribution is -0.128. The minimum atomic E-state index is -0.728. The lowest BCUT2D eigenvalue weighted by Gasteiger charge is -2.35. The Bertz CT molecular complexity index is 1290. The van der Waals surface area contributed by atoms with E-state index in [-0.39, 0.29) is 30.4 Å². The number of hydrogen-bond acceptors (Lipinski definition) is 6. The van der Waals surface area contributed by atoms with Crippen molar-refractivity contribution in [2.75, 3.05) is 11.9 Å². The van der Waals surface area contributed by atoms with Gasteiger partial charge in [0.15, 0.2) is 6.61 Å². The molecule has 1 aliphatic carbocycles. The molecule has 1 saturated carbocycles. The van der Waals surface area contributed by atoms with E-state index in [0.717, 1.165) is 36.0 Å². The van der Waals surface area contributed by atoms with E-state index in [1.54, 1.807) is 4.90 Å². The van der Waals surface area contributed by atoms with Gasteiger partial charge in [0, 0.05) is 12.5 Å². The van der Waals surface area contributed by atoms with Gasteiger partial charge in [-0.15, -0.1) is 0 Å². The highest BCUT2D eigenvalue weighted by Gasteiger charge is 2.52. The number of ether oxygens (including phenoxy) is 2. The minimum Gasteiger partial charge on any atom is -0.482 e. The molecule has 2 aliphatic heterocycles. The van der Waals surface area contributed by atoms with Crippen molar-refractivity contribution in [3.8, 4) is 22.9 Å². The lowest BCUT2D eigenvalue weighted by atomic mass is 9.97. The van der Waals surface area contributed by atoms with Crippen LogP contribution in [0.3, 0.4) is 0 Å². The molecule has 3 amide bonds. The second-order valence-corrected chi connectivity index (χ2v) is 11.2. The quantitative estimate of drug-likeness (QED) is 0.619. The molecule has 3 aliphatic rings. The predicted octanol–water partition coefficient (Wildman–Crippen LogP) is 4.02. The van der Waals surface area contributed by atoms with Gasteiger partial charge in [-0.2, -0.15) is 5.26 Å². The fourth-order valence-corrected chi connectivity index (χ4v) is 5.61. The first-order valence-corrected chi connectivity index (χ1v) is 13.0. The average molecular weight is 517 g/mol. The number of fused-ring (bicyclic) bond motifs is 3. The molecule has 1 saturated heterocycles. The standard InChI is InChI=1S/C29H32N4O5/c1-29(2,3)38-28(36)33-22-10-8-20(13-22)26(33)27(35)31-21(15-30)12-17-4-6-18(7-5-17)19-9-11-23-24(14-19)37-16-25(34)32-23/h4-7,9,11,14,20-22,26H,8,10,12-13,16H2,1-3H3,(H,31,35)(H,32,34)/t20-,21-,22+,26-/m0/s1. The average Bonchev–Trinajstić information content (AvgIpc) is 3.49. The third kappa shape index (κ3) is 5.30. The number of benzene rings is 2. The Morgan fingerprint density at radius 2 is 1.92 bits per heavy atom. The number of amides is 3. The SMILES string of the molecule is CC(C)(C)OC(=O)N1[C@@H]2CC[C@@H](C2)[C@H]1C(=O)N[C@H](C#N)Cc1ccc(-c2ccc3c(c2)OCC(=O)N3)cc1. The minimum absolute atomic E-state index is 0.00365. The van der Waals surface area contributed by atoms with Gasteiger partial charge >= 0.3 is 6.09 Å². The summed E-state index contributed by atoms with van der Waals surface area (Å²) in [4.78, 5) is 39.3. The first-order chi connectivity index (χ1) is 18.1. The molecule has 2 bridgehead atoms. The summed E-state index contributed by atoms with van der Waals surface area (Å²) < 4.78 is 11.1. The highest BCUT2D eigenvalue weighted by molar-refractivity contribution is 5.96. The number of hydrogen-bond donors (Lipinski definition) is 2. The maximum absolute atomic E-state index is 13.3. The van der Waals surface area contributed by atoms with Crippen molar-refractivity contribution in [3.63, 3.8) is 0 Å². The van der Waals surface area contributed by atoms with E-state index in [1.165, 1.54) is 0 Å². The number of nitriles is 1. The van der Waals surface area contributed by atoms with Crippen LogP contribution in [0.15, 0.2) is 42.5 Å². The number of carbonyl (C=O) groups excluding carboxylic acids is 3. The van der Waals surface area contributed by atoms with Crippen LogP contribution in [0.4, 0.5) is 10.5 Å². The van der Waals surface area contributed by atoms with Crippen molar-refractivity contribution in [2.45, 2.75) is 70.2 Å². The number of anilines is 1. The molecule has 2 aromatic carbocycles. The van der Waals surface area contributed by atoms with Gasteiger partial charge in [-0.1, -0.05) is 30.3 Å². The molecule has 38 heavy (non-hydrogen) atoms. The van der Waals surface area contributed by atoms with Gasteiger partial charge in [-0.3, -0.25) is 14.5 Å². The summed E-state index contributed by atoms with van der Waals surface area (Å²) in [5, 5.41) is 15.4. The van der Waals surface area contributed by atoms with Crippen LogP contribution in [0, 0.1) is 17.2 Å². The first kappa shape index (κ1) is 25.6.